The molecule has 2 N–H and O–H groups in total. The number of pyridine rings is 1. The van der Waals surface area contributed by atoms with Crippen LogP contribution in [0.25, 0.3) is 5.57 Å². The first-order valence-electron chi connectivity index (χ1n) is 4.93. The number of ether oxygens (including phenoxy) is 1. The van der Waals surface area contributed by atoms with E-state index in [0.29, 0.717) is 5.75 Å². The third-order valence-electron chi connectivity index (χ3n) is 1.95. The summed E-state index contributed by atoms with van der Waals surface area (Å²) in [6, 6.07) is 1.68. The van der Waals surface area contributed by atoms with Crippen LogP contribution in [0.5, 0.6) is 5.75 Å². The number of alkyl halides is 2. The van der Waals surface area contributed by atoms with Gasteiger partial charge in [-0.05, 0) is 31.1 Å². The van der Waals surface area contributed by atoms with Crippen LogP contribution in [0.2, 0.25) is 0 Å². The summed E-state index contributed by atoms with van der Waals surface area (Å²) in [7, 11) is 0. The third-order valence-corrected chi connectivity index (χ3v) is 1.95. The molecule has 3 nitrogen and oxygen atoms in total. The highest BCUT2D eigenvalue weighted by molar-refractivity contribution is 5.61. The fourth-order valence-corrected chi connectivity index (χ4v) is 1.28. The normalized spacial score (nSPS) is 10.6. The number of hydrogen-bond donors (Lipinski definition) is 0. The van der Waals surface area contributed by atoms with Crippen LogP contribution in [0.3, 0.4) is 0 Å². The van der Waals surface area contributed by atoms with E-state index in [-0.39, 0.29) is 5.48 Å². The van der Waals surface area contributed by atoms with E-state index in [1.54, 1.807) is 6.07 Å². The van der Waals surface area contributed by atoms with Crippen molar-refractivity contribution in [3.63, 3.8) is 0 Å². The summed E-state index contributed by atoms with van der Waals surface area (Å²) in [6.07, 6.45) is 1.43. The standard InChI is InChI=1S/C12H15F2NO.H2O/c1-8(2)11-9(3)5-10(6-15-11)16-7-12(4,13)14;/h5-6H,1,7H2,2-4H3;1H2. The van der Waals surface area contributed by atoms with Gasteiger partial charge in [0.2, 0.25) is 0 Å². The van der Waals surface area contributed by atoms with Gasteiger partial charge in [0.1, 0.15) is 5.75 Å². The van der Waals surface area contributed by atoms with E-state index < -0.39 is 12.5 Å². The average molecular weight is 245 g/mol. The van der Waals surface area contributed by atoms with Gasteiger partial charge in [0.15, 0.2) is 6.61 Å². The van der Waals surface area contributed by atoms with Crippen molar-refractivity contribution in [3.8, 4) is 5.75 Å². The summed E-state index contributed by atoms with van der Waals surface area (Å²) in [5, 5.41) is 0. The monoisotopic (exact) mass is 245 g/mol. The van der Waals surface area contributed by atoms with Gasteiger partial charge in [-0.15, -0.1) is 0 Å². The topological polar surface area (TPSA) is 53.6 Å². The molecule has 1 aromatic rings. The van der Waals surface area contributed by atoms with Gasteiger partial charge in [-0.25, -0.2) is 8.78 Å². The Bertz CT molecular complexity index is 400. The van der Waals surface area contributed by atoms with Crippen LogP contribution in [-0.2, 0) is 0 Å². The first kappa shape index (κ1) is 15.5. The minimum absolute atomic E-state index is 0. The first-order chi connectivity index (χ1) is 7.29. The lowest BCUT2D eigenvalue weighted by Gasteiger charge is -2.13. The van der Waals surface area contributed by atoms with Crippen LogP contribution in [0.1, 0.15) is 25.1 Å². The largest absolute Gasteiger partial charge is 0.486 e. The van der Waals surface area contributed by atoms with Crippen LogP contribution < -0.4 is 4.74 Å². The summed E-state index contributed by atoms with van der Waals surface area (Å²) in [4.78, 5) is 4.11. The van der Waals surface area contributed by atoms with Crippen LogP contribution >= 0.6 is 0 Å². The minimum Gasteiger partial charge on any atom is -0.486 e. The van der Waals surface area contributed by atoms with Gasteiger partial charge in [0, 0.05) is 6.92 Å². The second-order valence-electron chi connectivity index (χ2n) is 3.98. The molecule has 0 fully saturated rings. The molecule has 0 aliphatic heterocycles. The predicted molar refractivity (Wildman–Crippen MR) is 63.4 cm³/mol. The molecule has 96 valence electrons. The van der Waals surface area contributed by atoms with Crippen molar-refractivity contribution >= 4 is 5.57 Å². The van der Waals surface area contributed by atoms with Gasteiger partial charge >= 0.3 is 0 Å². The van der Waals surface area contributed by atoms with Crippen molar-refractivity contribution in [2.45, 2.75) is 26.7 Å². The molecular formula is C12H17F2NO2. The number of hydrogen-bond acceptors (Lipinski definition) is 2. The highest BCUT2D eigenvalue weighted by Gasteiger charge is 2.22. The highest BCUT2D eigenvalue weighted by atomic mass is 19.3. The molecule has 1 aromatic heterocycles. The molecule has 0 atom stereocenters. The Morgan fingerprint density at radius 2 is 2.12 bits per heavy atom. The van der Waals surface area contributed by atoms with E-state index in [9.17, 15) is 8.78 Å². The van der Waals surface area contributed by atoms with Gasteiger partial charge in [-0.3, -0.25) is 4.98 Å². The molecule has 0 amide bonds. The van der Waals surface area contributed by atoms with E-state index in [4.69, 9.17) is 4.74 Å². The second kappa shape index (κ2) is 5.72. The maximum Gasteiger partial charge on any atom is 0.278 e. The Kier molecular flexibility index (Phi) is 5.22. The maximum atomic E-state index is 12.6. The van der Waals surface area contributed by atoms with E-state index in [1.807, 2.05) is 13.8 Å². The average Bonchev–Trinajstić information content (AvgIpc) is 2.13. The van der Waals surface area contributed by atoms with Gasteiger partial charge in [-0.1, -0.05) is 6.58 Å². The molecule has 0 spiro atoms. The molecule has 1 rings (SSSR count). The molecule has 0 radical (unpaired) electrons. The summed E-state index contributed by atoms with van der Waals surface area (Å²) < 4.78 is 30.1. The summed E-state index contributed by atoms with van der Waals surface area (Å²) in [5.41, 5.74) is 2.48. The minimum atomic E-state index is -2.83. The van der Waals surface area contributed by atoms with Crippen LogP contribution in [-0.4, -0.2) is 23.0 Å². The smallest absolute Gasteiger partial charge is 0.278 e. The van der Waals surface area contributed by atoms with Crippen molar-refractivity contribution < 1.29 is 19.0 Å². The molecule has 0 saturated heterocycles. The Labute approximate surface area is 99.4 Å². The number of allylic oxidation sites excluding steroid dienone is 1. The molecule has 0 saturated carbocycles. The van der Waals surface area contributed by atoms with Gasteiger partial charge in [0.25, 0.3) is 5.92 Å². The van der Waals surface area contributed by atoms with Gasteiger partial charge in [0.05, 0.1) is 11.9 Å². The number of rotatable bonds is 4. The molecule has 0 aliphatic rings. The molecule has 0 aliphatic carbocycles. The lowest BCUT2D eigenvalue weighted by atomic mass is 10.1. The number of halogens is 2. The third kappa shape index (κ3) is 4.91. The number of aryl methyl sites for hydroxylation is 1. The number of aromatic nitrogens is 1. The number of nitrogens with zero attached hydrogens (tertiary/aromatic N) is 1. The van der Waals surface area contributed by atoms with Crippen molar-refractivity contribution in [2.75, 3.05) is 6.61 Å². The fraction of sp³-hybridized carbons (Fsp3) is 0.417. The van der Waals surface area contributed by atoms with Gasteiger partial charge in [-0.2, -0.15) is 0 Å². The van der Waals surface area contributed by atoms with Gasteiger partial charge < -0.3 is 10.2 Å². The lowest BCUT2D eigenvalue weighted by molar-refractivity contribution is -0.0230. The molecule has 5 heteroatoms. The fourth-order valence-electron chi connectivity index (χ4n) is 1.28. The Morgan fingerprint density at radius 1 is 1.53 bits per heavy atom. The molecule has 0 aromatic carbocycles. The summed E-state index contributed by atoms with van der Waals surface area (Å²) in [5.74, 6) is -2.48. The van der Waals surface area contributed by atoms with E-state index in [0.717, 1.165) is 23.8 Å². The van der Waals surface area contributed by atoms with Crippen molar-refractivity contribution in [2.24, 2.45) is 0 Å². The first-order valence-corrected chi connectivity index (χ1v) is 4.93. The van der Waals surface area contributed by atoms with Crippen molar-refractivity contribution in [1.29, 1.82) is 0 Å². The van der Waals surface area contributed by atoms with E-state index in [1.165, 1.54) is 6.20 Å². The summed E-state index contributed by atoms with van der Waals surface area (Å²) >= 11 is 0. The van der Waals surface area contributed by atoms with E-state index >= 15 is 0 Å². The molecule has 0 bridgehead atoms. The Hall–Kier alpha value is -1.49. The zero-order valence-electron chi connectivity index (χ0n) is 10.2. The van der Waals surface area contributed by atoms with Crippen LogP contribution in [0.15, 0.2) is 18.8 Å². The molecule has 0 unspecified atom stereocenters. The zero-order valence-corrected chi connectivity index (χ0v) is 10.2. The van der Waals surface area contributed by atoms with Crippen molar-refractivity contribution in [1.82, 2.24) is 4.98 Å². The Balaban J connectivity index is 0.00000256. The maximum absolute atomic E-state index is 12.6. The SMILES string of the molecule is C=C(C)c1ncc(OCC(C)(F)F)cc1C.O. The Morgan fingerprint density at radius 3 is 2.53 bits per heavy atom. The molecular weight excluding hydrogens is 228 g/mol. The predicted octanol–water partition coefficient (Wildman–Crippen LogP) is 2.63. The van der Waals surface area contributed by atoms with E-state index in [2.05, 4.69) is 11.6 Å². The van der Waals surface area contributed by atoms with Crippen LogP contribution in [0.4, 0.5) is 8.78 Å². The molecule has 17 heavy (non-hydrogen) atoms. The van der Waals surface area contributed by atoms with Crippen molar-refractivity contribution in [3.05, 3.63) is 30.1 Å². The summed E-state index contributed by atoms with van der Waals surface area (Å²) in [6.45, 7) is 7.64. The highest BCUT2D eigenvalue weighted by Crippen LogP contribution is 2.21. The lowest BCUT2D eigenvalue weighted by Crippen LogP contribution is -2.21. The van der Waals surface area contributed by atoms with Crippen LogP contribution in [0, 0.1) is 6.92 Å². The quantitative estimate of drug-likeness (QED) is 0.818. The molecule has 1 heterocycles. The zero-order chi connectivity index (χ0) is 12.3. The second-order valence-corrected chi connectivity index (χ2v) is 3.98.